The van der Waals surface area contributed by atoms with Crippen LogP contribution >= 0.6 is 15.9 Å². The zero-order valence-corrected chi connectivity index (χ0v) is 14.6. The summed E-state index contributed by atoms with van der Waals surface area (Å²) in [6.07, 6.45) is 4.53. The highest BCUT2D eigenvalue weighted by Gasteiger charge is 2.16. The van der Waals surface area contributed by atoms with Gasteiger partial charge in [-0.05, 0) is 31.5 Å². The van der Waals surface area contributed by atoms with Gasteiger partial charge in [0.2, 0.25) is 0 Å². The maximum Gasteiger partial charge on any atom is 0.273 e. The molecule has 0 atom stereocenters. The molecule has 1 heterocycles. The van der Waals surface area contributed by atoms with Crippen LogP contribution in [0.2, 0.25) is 0 Å². The average Bonchev–Trinajstić information content (AvgIpc) is 2.88. The van der Waals surface area contributed by atoms with E-state index in [0.29, 0.717) is 12.2 Å². The maximum atomic E-state index is 12.2. The van der Waals surface area contributed by atoms with E-state index in [1.165, 1.54) is 12.8 Å². The Hall–Kier alpha value is -1.69. The molecule has 0 spiro atoms. The lowest BCUT2D eigenvalue weighted by Gasteiger charge is -2.05. The Morgan fingerprint density at radius 1 is 1.32 bits per heavy atom. The minimum absolute atomic E-state index is 0.157. The van der Waals surface area contributed by atoms with E-state index in [-0.39, 0.29) is 5.91 Å². The summed E-state index contributed by atoms with van der Waals surface area (Å²) in [4.78, 5) is 12.2. The molecule has 22 heavy (non-hydrogen) atoms. The fourth-order valence-electron chi connectivity index (χ4n) is 2.23. The molecule has 0 saturated carbocycles. The SMILES string of the molecule is CCCCCCNC(=O)c1nnn(-c2cccc(Br)c2)c1C. The zero-order chi connectivity index (χ0) is 15.9. The number of amides is 1. The number of unbranched alkanes of at least 4 members (excludes halogenated alkanes) is 3. The van der Waals surface area contributed by atoms with Crippen molar-refractivity contribution < 1.29 is 4.79 Å². The second-order valence-corrected chi connectivity index (χ2v) is 6.15. The van der Waals surface area contributed by atoms with Crippen LogP contribution in [0.3, 0.4) is 0 Å². The molecule has 1 aromatic heterocycles. The Bertz CT molecular complexity index is 639. The first kappa shape index (κ1) is 16.7. The van der Waals surface area contributed by atoms with Crippen LogP contribution in [0, 0.1) is 6.92 Å². The van der Waals surface area contributed by atoms with Gasteiger partial charge in [0.05, 0.1) is 11.4 Å². The molecule has 2 rings (SSSR count). The van der Waals surface area contributed by atoms with Gasteiger partial charge in [0.1, 0.15) is 0 Å². The van der Waals surface area contributed by atoms with E-state index in [1.54, 1.807) is 4.68 Å². The van der Waals surface area contributed by atoms with Crippen molar-refractivity contribution in [3.63, 3.8) is 0 Å². The summed E-state index contributed by atoms with van der Waals surface area (Å²) in [6, 6.07) is 7.74. The second kappa shape index (κ2) is 8.08. The van der Waals surface area contributed by atoms with Crippen molar-refractivity contribution in [1.29, 1.82) is 0 Å². The van der Waals surface area contributed by atoms with Crippen molar-refractivity contribution >= 4 is 21.8 Å². The molecule has 0 unspecified atom stereocenters. The van der Waals surface area contributed by atoms with Crippen molar-refractivity contribution in [1.82, 2.24) is 20.3 Å². The van der Waals surface area contributed by atoms with Crippen LogP contribution in [0.25, 0.3) is 5.69 Å². The third-order valence-corrected chi connectivity index (χ3v) is 3.97. The molecule has 1 N–H and O–H groups in total. The lowest BCUT2D eigenvalue weighted by Crippen LogP contribution is -2.25. The van der Waals surface area contributed by atoms with Gasteiger partial charge in [-0.1, -0.05) is 53.4 Å². The van der Waals surface area contributed by atoms with Gasteiger partial charge in [-0.25, -0.2) is 4.68 Å². The van der Waals surface area contributed by atoms with E-state index in [9.17, 15) is 4.79 Å². The van der Waals surface area contributed by atoms with Crippen molar-refractivity contribution in [2.45, 2.75) is 39.5 Å². The van der Waals surface area contributed by atoms with Crippen molar-refractivity contribution in [3.8, 4) is 5.69 Å². The molecule has 0 fully saturated rings. The van der Waals surface area contributed by atoms with Gasteiger partial charge >= 0.3 is 0 Å². The molecular weight excluding hydrogens is 344 g/mol. The van der Waals surface area contributed by atoms with Crippen LogP contribution in [0.5, 0.6) is 0 Å². The number of rotatable bonds is 7. The third kappa shape index (κ3) is 4.16. The Morgan fingerprint density at radius 3 is 2.86 bits per heavy atom. The molecule has 2 aromatic rings. The number of carbonyl (C=O) groups excluding carboxylic acids is 1. The lowest BCUT2D eigenvalue weighted by atomic mass is 10.2. The second-order valence-electron chi connectivity index (χ2n) is 5.23. The first-order chi connectivity index (χ1) is 10.6. The molecule has 0 radical (unpaired) electrons. The van der Waals surface area contributed by atoms with Crippen molar-refractivity contribution in [3.05, 3.63) is 40.1 Å². The highest BCUT2D eigenvalue weighted by atomic mass is 79.9. The molecule has 118 valence electrons. The number of hydrogen-bond donors (Lipinski definition) is 1. The van der Waals surface area contributed by atoms with E-state index in [0.717, 1.165) is 28.7 Å². The van der Waals surface area contributed by atoms with Crippen molar-refractivity contribution in [2.75, 3.05) is 6.54 Å². The number of hydrogen-bond acceptors (Lipinski definition) is 3. The van der Waals surface area contributed by atoms with Gasteiger partial charge in [0, 0.05) is 11.0 Å². The summed E-state index contributed by atoms with van der Waals surface area (Å²) in [7, 11) is 0. The maximum absolute atomic E-state index is 12.2. The highest BCUT2D eigenvalue weighted by Crippen LogP contribution is 2.17. The van der Waals surface area contributed by atoms with E-state index < -0.39 is 0 Å². The Balaban J connectivity index is 2.03. The fourth-order valence-corrected chi connectivity index (χ4v) is 2.62. The fraction of sp³-hybridized carbons (Fsp3) is 0.438. The minimum Gasteiger partial charge on any atom is -0.351 e. The largest absolute Gasteiger partial charge is 0.351 e. The molecule has 6 heteroatoms. The average molecular weight is 365 g/mol. The summed E-state index contributed by atoms with van der Waals surface area (Å²) in [5, 5.41) is 11.0. The third-order valence-electron chi connectivity index (χ3n) is 3.48. The van der Waals surface area contributed by atoms with Crippen LogP contribution in [-0.2, 0) is 0 Å². The van der Waals surface area contributed by atoms with Gasteiger partial charge in [-0.15, -0.1) is 5.10 Å². The number of nitrogens with one attached hydrogen (secondary N) is 1. The lowest BCUT2D eigenvalue weighted by molar-refractivity contribution is 0.0947. The first-order valence-corrected chi connectivity index (χ1v) is 8.39. The number of aromatic nitrogens is 3. The number of halogens is 1. The van der Waals surface area contributed by atoms with Crippen LogP contribution in [-0.4, -0.2) is 27.4 Å². The van der Waals surface area contributed by atoms with Crippen LogP contribution in [0.4, 0.5) is 0 Å². The molecule has 0 aliphatic rings. The zero-order valence-electron chi connectivity index (χ0n) is 13.0. The van der Waals surface area contributed by atoms with Crippen LogP contribution < -0.4 is 5.32 Å². The van der Waals surface area contributed by atoms with Gasteiger partial charge in [-0.3, -0.25) is 4.79 Å². The van der Waals surface area contributed by atoms with Gasteiger partial charge in [0.25, 0.3) is 5.91 Å². The molecule has 0 saturated heterocycles. The van der Waals surface area contributed by atoms with Gasteiger partial charge in [0.15, 0.2) is 5.69 Å². The molecule has 0 aliphatic carbocycles. The Kier molecular flexibility index (Phi) is 6.12. The minimum atomic E-state index is -0.157. The number of benzene rings is 1. The standard InChI is InChI=1S/C16H21BrN4O/c1-3-4-5-6-10-18-16(22)15-12(2)21(20-19-15)14-9-7-8-13(17)11-14/h7-9,11H,3-6,10H2,1-2H3,(H,18,22). The van der Waals surface area contributed by atoms with Crippen LogP contribution in [0.15, 0.2) is 28.7 Å². The van der Waals surface area contributed by atoms with E-state index >= 15 is 0 Å². The summed E-state index contributed by atoms with van der Waals surface area (Å²) in [5.74, 6) is -0.157. The molecular formula is C16H21BrN4O. The first-order valence-electron chi connectivity index (χ1n) is 7.60. The van der Waals surface area contributed by atoms with E-state index in [1.807, 2.05) is 31.2 Å². The smallest absolute Gasteiger partial charge is 0.273 e. The van der Waals surface area contributed by atoms with Crippen LogP contribution in [0.1, 0.15) is 48.8 Å². The Labute approximate surface area is 139 Å². The predicted octanol–water partition coefficient (Wildman–Crippen LogP) is 3.65. The van der Waals surface area contributed by atoms with Crippen molar-refractivity contribution in [2.24, 2.45) is 0 Å². The van der Waals surface area contributed by atoms with E-state index in [2.05, 4.69) is 38.5 Å². The monoisotopic (exact) mass is 364 g/mol. The molecule has 1 amide bonds. The number of nitrogens with zero attached hydrogens (tertiary/aromatic N) is 3. The summed E-state index contributed by atoms with van der Waals surface area (Å²) < 4.78 is 2.64. The number of carbonyl (C=O) groups is 1. The molecule has 0 aliphatic heterocycles. The molecule has 0 bridgehead atoms. The quantitative estimate of drug-likeness (QED) is 0.762. The van der Waals surface area contributed by atoms with Gasteiger partial charge < -0.3 is 5.32 Å². The summed E-state index contributed by atoms with van der Waals surface area (Å²) in [5.41, 5.74) is 2.00. The highest BCUT2D eigenvalue weighted by molar-refractivity contribution is 9.10. The molecule has 5 nitrogen and oxygen atoms in total. The Morgan fingerprint density at radius 2 is 2.14 bits per heavy atom. The summed E-state index contributed by atoms with van der Waals surface area (Å²) in [6.45, 7) is 4.71. The van der Waals surface area contributed by atoms with Gasteiger partial charge in [-0.2, -0.15) is 0 Å². The topological polar surface area (TPSA) is 59.8 Å². The van der Waals surface area contributed by atoms with E-state index in [4.69, 9.17) is 0 Å². The summed E-state index contributed by atoms with van der Waals surface area (Å²) >= 11 is 3.43. The predicted molar refractivity (Wildman–Crippen MR) is 90.3 cm³/mol. The molecule has 1 aromatic carbocycles. The normalized spacial score (nSPS) is 10.7.